The summed E-state index contributed by atoms with van der Waals surface area (Å²) in [5.41, 5.74) is 6.53. The Labute approximate surface area is 137 Å². The number of anilines is 1. The Morgan fingerprint density at radius 2 is 2.09 bits per heavy atom. The van der Waals surface area contributed by atoms with Gasteiger partial charge in [-0.25, -0.2) is 14.6 Å². The van der Waals surface area contributed by atoms with Gasteiger partial charge in [-0.15, -0.1) is 0 Å². The van der Waals surface area contributed by atoms with Crippen LogP contribution in [-0.2, 0) is 14.2 Å². The number of nitrogen functional groups attached to an aromatic ring is 1. The summed E-state index contributed by atoms with van der Waals surface area (Å²) in [5.74, 6) is -0.293. The molecule has 0 aromatic carbocycles. The van der Waals surface area contributed by atoms with Gasteiger partial charge in [-0.3, -0.25) is 5.10 Å². The molecule has 2 fully saturated rings. The lowest BCUT2D eigenvalue weighted by atomic mass is 10.1. The Morgan fingerprint density at radius 1 is 1.35 bits per heavy atom. The number of hydrogen-bond acceptors (Lipinski definition) is 7. The quantitative estimate of drug-likeness (QED) is 0.807. The predicted octanol–water partition coefficient (Wildman–Crippen LogP) is 1.90. The topological polar surface area (TPSA) is 100 Å². The van der Waals surface area contributed by atoms with Crippen molar-refractivity contribution < 1.29 is 14.2 Å². The molecule has 0 amide bonds. The molecule has 0 radical (unpaired) electrons. The second kappa shape index (κ2) is 4.97. The maximum atomic E-state index is 6.15. The fourth-order valence-electron chi connectivity index (χ4n) is 3.39. The van der Waals surface area contributed by atoms with E-state index in [4.69, 9.17) is 32.2 Å². The molecule has 23 heavy (non-hydrogen) atoms. The van der Waals surface area contributed by atoms with E-state index in [0.29, 0.717) is 21.5 Å². The van der Waals surface area contributed by atoms with Crippen molar-refractivity contribution in [3.63, 3.8) is 0 Å². The molecule has 0 aliphatic carbocycles. The molecule has 2 saturated heterocycles. The summed E-state index contributed by atoms with van der Waals surface area (Å²) in [6, 6.07) is 0. The van der Waals surface area contributed by atoms with E-state index in [1.807, 2.05) is 13.8 Å². The van der Waals surface area contributed by atoms with Crippen molar-refractivity contribution in [1.82, 2.24) is 19.7 Å². The second-order valence-electron chi connectivity index (χ2n) is 6.31. The molecule has 4 heterocycles. The highest BCUT2D eigenvalue weighted by atomic mass is 32.1. The second-order valence-corrected chi connectivity index (χ2v) is 6.71. The molecule has 3 N–H and O–H groups in total. The number of fused-ring (bicyclic) bond motifs is 2. The fraction of sp³-hybridized carbons (Fsp3) is 0.643. The van der Waals surface area contributed by atoms with Gasteiger partial charge in [-0.2, -0.15) is 0 Å². The van der Waals surface area contributed by atoms with Crippen molar-refractivity contribution in [2.24, 2.45) is 0 Å². The normalized spacial score (nSPS) is 32.5. The minimum atomic E-state index is -0.640. The van der Waals surface area contributed by atoms with E-state index in [1.54, 1.807) is 4.68 Å². The van der Waals surface area contributed by atoms with Gasteiger partial charge in [0, 0.05) is 0 Å². The Morgan fingerprint density at radius 3 is 2.83 bits per heavy atom. The van der Waals surface area contributed by atoms with Crippen LogP contribution in [0, 0.1) is 4.64 Å². The highest BCUT2D eigenvalue weighted by Gasteiger charge is 2.55. The Kier molecular flexibility index (Phi) is 3.24. The lowest BCUT2D eigenvalue weighted by Crippen LogP contribution is -2.28. The van der Waals surface area contributed by atoms with Crippen LogP contribution >= 0.6 is 12.2 Å². The molecule has 4 atom stereocenters. The maximum Gasteiger partial charge on any atom is 0.179 e. The molecule has 2 aromatic rings. The zero-order chi connectivity index (χ0) is 16.4. The van der Waals surface area contributed by atoms with Crippen LogP contribution < -0.4 is 5.73 Å². The molecule has 2 aliphatic heterocycles. The van der Waals surface area contributed by atoms with Crippen LogP contribution in [0.15, 0.2) is 6.33 Å². The van der Waals surface area contributed by atoms with Gasteiger partial charge in [0.05, 0.1) is 11.5 Å². The average Bonchev–Trinajstić information content (AvgIpc) is 3.08. The summed E-state index contributed by atoms with van der Waals surface area (Å²) < 4.78 is 20.5. The smallest absolute Gasteiger partial charge is 0.179 e. The average molecular weight is 337 g/mol. The number of nitrogens with zero attached hydrogens (tertiary/aromatic N) is 3. The van der Waals surface area contributed by atoms with Gasteiger partial charge in [0.1, 0.15) is 29.0 Å². The third-order valence-corrected chi connectivity index (χ3v) is 4.61. The van der Waals surface area contributed by atoms with Gasteiger partial charge < -0.3 is 19.9 Å². The highest BCUT2D eigenvalue weighted by Crippen LogP contribution is 2.44. The number of ether oxygens (including phenoxy) is 3. The molecule has 0 unspecified atom stereocenters. The minimum absolute atomic E-state index is 0.0506. The van der Waals surface area contributed by atoms with Crippen molar-refractivity contribution in [1.29, 1.82) is 0 Å². The summed E-state index contributed by atoms with van der Waals surface area (Å²) in [7, 11) is 0. The first-order valence-corrected chi connectivity index (χ1v) is 8.04. The van der Waals surface area contributed by atoms with E-state index in [1.165, 1.54) is 6.33 Å². The lowest BCUT2D eigenvalue weighted by molar-refractivity contribution is -0.197. The summed E-state index contributed by atoms with van der Waals surface area (Å²) in [4.78, 5) is 8.31. The molecule has 8 nitrogen and oxygen atoms in total. The first-order valence-electron chi connectivity index (χ1n) is 7.63. The SMILES string of the molecule is CC[C@H]1O[C@@H](n2[nH]c(=S)c3c(N)ncnc32)[C@@H]2OC(C)(C)O[C@@H]21. The van der Waals surface area contributed by atoms with Crippen LogP contribution in [0.5, 0.6) is 0 Å². The summed E-state index contributed by atoms with van der Waals surface area (Å²) in [6.45, 7) is 5.88. The molecule has 9 heteroatoms. The van der Waals surface area contributed by atoms with E-state index in [9.17, 15) is 0 Å². The van der Waals surface area contributed by atoms with Gasteiger partial charge >= 0.3 is 0 Å². The van der Waals surface area contributed by atoms with Gasteiger partial charge in [0.25, 0.3) is 0 Å². The van der Waals surface area contributed by atoms with Crippen LogP contribution in [0.2, 0.25) is 0 Å². The third-order valence-electron chi connectivity index (χ3n) is 4.32. The molecule has 2 aromatic heterocycles. The molecule has 0 saturated carbocycles. The number of aromatic nitrogens is 4. The number of hydrogen-bond donors (Lipinski definition) is 2. The first-order chi connectivity index (χ1) is 10.9. The number of nitrogens with two attached hydrogens (primary N) is 1. The Hall–Kier alpha value is -1.55. The van der Waals surface area contributed by atoms with E-state index in [0.717, 1.165) is 6.42 Å². The van der Waals surface area contributed by atoms with Crippen molar-refractivity contribution in [2.45, 2.75) is 57.5 Å². The fourth-order valence-corrected chi connectivity index (χ4v) is 3.68. The largest absolute Gasteiger partial charge is 0.383 e. The van der Waals surface area contributed by atoms with Gasteiger partial charge in [-0.05, 0) is 20.3 Å². The number of nitrogens with one attached hydrogen (secondary N) is 1. The molecular weight excluding hydrogens is 318 g/mol. The van der Waals surface area contributed by atoms with Gasteiger partial charge in [-0.1, -0.05) is 19.1 Å². The number of aromatic amines is 1. The van der Waals surface area contributed by atoms with Crippen LogP contribution in [0.25, 0.3) is 11.0 Å². The zero-order valence-corrected chi connectivity index (χ0v) is 14.0. The van der Waals surface area contributed by atoms with Gasteiger partial charge in [0.15, 0.2) is 17.7 Å². The van der Waals surface area contributed by atoms with E-state index < -0.39 is 12.0 Å². The van der Waals surface area contributed by atoms with E-state index in [2.05, 4.69) is 22.0 Å². The number of H-pyrrole nitrogens is 1. The minimum Gasteiger partial charge on any atom is -0.383 e. The third kappa shape index (κ3) is 2.18. The Balaban J connectivity index is 1.82. The standard InChI is InChI=1S/C14H19N5O3S/c1-4-6-8-9(22-14(2,3)21-8)13(20-6)19-11-7(12(23)18-19)10(15)16-5-17-11/h5-6,8-9,13H,4H2,1-3H3,(H,18,23)(H2,15,16,17)/t6-,8-,9-,13-/m1/s1. The number of rotatable bonds is 2. The van der Waals surface area contributed by atoms with E-state index in [-0.39, 0.29) is 18.3 Å². The predicted molar refractivity (Wildman–Crippen MR) is 85.2 cm³/mol. The summed E-state index contributed by atoms with van der Waals surface area (Å²) in [5, 5.41) is 3.73. The van der Waals surface area contributed by atoms with Gasteiger partial charge in [0.2, 0.25) is 0 Å². The summed E-state index contributed by atoms with van der Waals surface area (Å²) >= 11 is 5.36. The summed E-state index contributed by atoms with van der Waals surface area (Å²) in [6.07, 6.45) is 1.42. The zero-order valence-electron chi connectivity index (χ0n) is 13.1. The van der Waals surface area contributed by atoms with Crippen LogP contribution in [0.3, 0.4) is 0 Å². The monoisotopic (exact) mass is 337 g/mol. The lowest BCUT2D eigenvalue weighted by Gasteiger charge is -2.24. The molecule has 4 rings (SSSR count). The van der Waals surface area contributed by atoms with Crippen molar-refractivity contribution >= 4 is 29.1 Å². The maximum absolute atomic E-state index is 6.15. The molecule has 0 bridgehead atoms. The van der Waals surface area contributed by atoms with Crippen molar-refractivity contribution in [3.8, 4) is 0 Å². The van der Waals surface area contributed by atoms with Crippen LogP contribution in [0.1, 0.15) is 33.4 Å². The first kappa shape index (κ1) is 15.0. The van der Waals surface area contributed by atoms with Crippen LogP contribution in [0.4, 0.5) is 5.82 Å². The molecule has 2 aliphatic rings. The highest BCUT2D eigenvalue weighted by molar-refractivity contribution is 7.71. The molecular formula is C14H19N5O3S. The van der Waals surface area contributed by atoms with Crippen LogP contribution in [-0.4, -0.2) is 43.8 Å². The molecule has 124 valence electrons. The Bertz CT molecular complexity index is 816. The van der Waals surface area contributed by atoms with E-state index >= 15 is 0 Å². The van der Waals surface area contributed by atoms with Crippen molar-refractivity contribution in [3.05, 3.63) is 11.0 Å². The molecule has 0 spiro atoms. The van der Waals surface area contributed by atoms with Crippen molar-refractivity contribution in [2.75, 3.05) is 5.73 Å².